The van der Waals surface area contributed by atoms with Crippen LogP contribution < -0.4 is 0 Å². The second-order valence-corrected chi connectivity index (χ2v) is 3.90. The maximum Gasteiger partial charge on any atom is 0.265 e. The van der Waals surface area contributed by atoms with Gasteiger partial charge in [0, 0.05) is 18.0 Å². The van der Waals surface area contributed by atoms with Gasteiger partial charge in [-0.15, -0.1) is 0 Å². The van der Waals surface area contributed by atoms with Gasteiger partial charge < -0.3 is 9.51 Å². The minimum Gasteiger partial charge on any atom is -0.390 e. The van der Waals surface area contributed by atoms with Crippen molar-refractivity contribution in [3.05, 3.63) is 34.2 Å². The highest BCUT2D eigenvalue weighted by Crippen LogP contribution is 2.25. The van der Waals surface area contributed by atoms with Gasteiger partial charge in [-0.1, -0.05) is 0 Å². The fraction of sp³-hybridized carbons (Fsp3) is 0.222. The Kier molecular flexibility index (Phi) is 2.70. The van der Waals surface area contributed by atoms with E-state index >= 15 is 0 Å². The molecule has 2 heterocycles. The fourth-order valence-electron chi connectivity index (χ4n) is 1.32. The topological polar surface area (TPSA) is 37.5 Å². The number of hydrogen-bond acceptors (Lipinski definition) is 2. The van der Waals surface area contributed by atoms with Crippen molar-refractivity contribution in [3.63, 3.8) is 0 Å². The van der Waals surface area contributed by atoms with Crippen molar-refractivity contribution >= 4 is 21.6 Å². The molecule has 15 heavy (non-hydrogen) atoms. The number of aromatic nitrogens is 2. The quantitative estimate of drug-likeness (QED) is 0.915. The van der Waals surface area contributed by atoms with E-state index in [-0.39, 0.29) is 12.2 Å². The molecule has 0 bridgehead atoms. The normalized spacial score (nSPS) is 11.5. The van der Waals surface area contributed by atoms with Gasteiger partial charge in [-0.3, -0.25) is 0 Å². The Balaban J connectivity index is 2.65. The molecule has 0 radical (unpaired) electrons. The smallest absolute Gasteiger partial charge is 0.265 e. The van der Waals surface area contributed by atoms with E-state index < -0.39 is 6.43 Å². The highest BCUT2D eigenvalue weighted by atomic mass is 79.9. The fourth-order valence-corrected chi connectivity index (χ4v) is 1.88. The van der Waals surface area contributed by atoms with Crippen LogP contribution in [0.5, 0.6) is 0 Å². The first-order valence-corrected chi connectivity index (χ1v) is 4.97. The van der Waals surface area contributed by atoms with Crippen LogP contribution in [-0.4, -0.2) is 14.5 Å². The molecule has 0 aromatic carbocycles. The van der Waals surface area contributed by atoms with E-state index in [1.165, 1.54) is 22.9 Å². The summed E-state index contributed by atoms with van der Waals surface area (Å²) in [5.41, 5.74) is 0.877. The zero-order valence-corrected chi connectivity index (χ0v) is 9.08. The molecule has 80 valence electrons. The van der Waals surface area contributed by atoms with E-state index in [1.54, 1.807) is 0 Å². The second kappa shape index (κ2) is 3.86. The van der Waals surface area contributed by atoms with Gasteiger partial charge in [0.2, 0.25) is 0 Å². The molecular formula is C9H7BrF2N2O. The first-order chi connectivity index (χ1) is 7.11. The molecule has 0 atom stereocenters. The van der Waals surface area contributed by atoms with Crippen molar-refractivity contribution in [1.82, 2.24) is 9.38 Å². The molecule has 0 aliphatic rings. The van der Waals surface area contributed by atoms with E-state index in [9.17, 15) is 8.78 Å². The Morgan fingerprint density at radius 1 is 1.47 bits per heavy atom. The van der Waals surface area contributed by atoms with E-state index in [4.69, 9.17) is 5.11 Å². The van der Waals surface area contributed by atoms with Crippen LogP contribution >= 0.6 is 15.9 Å². The Morgan fingerprint density at radius 3 is 2.80 bits per heavy atom. The van der Waals surface area contributed by atoms with Crippen LogP contribution in [0.2, 0.25) is 0 Å². The summed E-state index contributed by atoms with van der Waals surface area (Å²) in [6, 6.07) is 1.33. The van der Waals surface area contributed by atoms with Crippen LogP contribution in [0.25, 0.3) is 5.65 Å². The van der Waals surface area contributed by atoms with Gasteiger partial charge in [-0.05, 0) is 22.0 Å². The van der Waals surface area contributed by atoms with Gasteiger partial charge in [-0.2, -0.15) is 0 Å². The van der Waals surface area contributed by atoms with Gasteiger partial charge >= 0.3 is 0 Å². The summed E-state index contributed by atoms with van der Waals surface area (Å²) >= 11 is 3.16. The van der Waals surface area contributed by atoms with Gasteiger partial charge in [0.1, 0.15) is 0 Å². The molecule has 0 saturated heterocycles. The number of aliphatic hydroxyl groups is 1. The van der Waals surface area contributed by atoms with E-state index in [0.717, 1.165) is 0 Å². The number of rotatable bonds is 2. The van der Waals surface area contributed by atoms with Crippen molar-refractivity contribution in [2.45, 2.75) is 13.0 Å². The number of pyridine rings is 1. The summed E-state index contributed by atoms with van der Waals surface area (Å²) in [6.45, 7) is -0.210. The maximum absolute atomic E-state index is 12.5. The standard InChI is InChI=1S/C9H7BrF2N2O/c10-7-1-5(8(11)12)2-14-3-6(4-15)13-9(7)14/h1-3,8,15H,4H2. The van der Waals surface area contributed by atoms with Crippen LogP contribution in [0.1, 0.15) is 17.7 Å². The predicted molar refractivity (Wildman–Crippen MR) is 53.8 cm³/mol. The van der Waals surface area contributed by atoms with Crippen molar-refractivity contribution in [3.8, 4) is 0 Å². The molecule has 2 aromatic heterocycles. The van der Waals surface area contributed by atoms with E-state index in [1.807, 2.05) is 0 Å². The number of aliphatic hydroxyl groups excluding tert-OH is 1. The van der Waals surface area contributed by atoms with Crippen molar-refractivity contribution in [1.29, 1.82) is 0 Å². The molecule has 3 nitrogen and oxygen atoms in total. The summed E-state index contributed by atoms with van der Waals surface area (Å²) in [6.07, 6.45) is 0.300. The van der Waals surface area contributed by atoms with Crippen LogP contribution in [0, 0.1) is 0 Å². The Labute approximate surface area is 92.5 Å². The van der Waals surface area contributed by atoms with Crippen LogP contribution in [0.4, 0.5) is 8.78 Å². The average molecular weight is 277 g/mol. The molecule has 1 N–H and O–H groups in total. The third-order valence-corrected chi connectivity index (χ3v) is 2.57. The molecule has 2 rings (SSSR count). The SMILES string of the molecule is OCc1cn2cc(C(F)F)cc(Br)c2n1. The Bertz CT molecular complexity index is 498. The van der Waals surface area contributed by atoms with Crippen LogP contribution in [-0.2, 0) is 6.61 Å². The minimum absolute atomic E-state index is 0.0868. The maximum atomic E-state index is 12.5. The Morgan fingerprint density at radius 2 is 2.20 bits per heavy atom. The number of fused-ring (bicyclic) bond motifs is 1. The molecular weight excluding hydrogens is 270 g/mol. The molecule has 0 unspecified atom stereocenters. The average Bonchev–Trinajstić information content (AvgIpc) is 2.61. The summed E-state index contributed by atoms with van der Waals surface area (Å²) in [5.74, 6) is 0. The molecule has 0 aliphatic heterocycles. The van der Waals surface area contributed by atoms with Gasteiger partial charge in [0.15, 0.2) is 5.65 Å². The third-order valence-electron chi connectivity index (χ3n) is 1.99. The lowest BCUT2D eigenvalue weighted by molar-refractivity contribution is 0.151. The zero-order chi connectivity index (χ0) is 11.0. The highest BCUT2D eigenvalue weighted by Gasteiger charge is 2.12. The van der Waals surface area contributed by atoms with Crippen molar-refractivity contribution in [2.24, 2.45) is 0 Å². The number of alkyl halides is 2. The lowest BCUT2D eigenvalue weighted by Gasteiger charge is -2.02. The third kappa shape index (κ3) is 1.87. The summed E-state index contributed by atoms with van der Waals surface area (Å²) in [5, 5.41) is 8.87. The predicted octanol–water partition coefficient (Wildman–Crippen LogP) is 2.53. The summed E-state index contributed by atoms with van der Waals surface area (Å²) in [7, 11) is 0. The van der Waals surface area contributed by atoms with Gasteiger partial charge in [0.05, 0.1) is 16.8 Å². The largest absolute Gasteiger partial charge is 0.390 e. The van der Waals surface area contributed by atoms with E-state index in [0.29, 0.717) is 15.8 Å². The van der Waals surface area contributed by atoms with Crippen LogP contribution in [0.3, 0.4) is 0 Å². The number of imidazole rings is 1. The molecule has 0 aliphatic carbocycles. The Hall–Kier alpha value is -1.01. The summed E-state index contributed by atoms with van der Waals surface area (Å²) in [4.78, 5) is 4.05. The van der Waals surface area contributed by atoms with E-state index in [2.05, 4.69) is 20.9 Å². The van der Waals surface area contributed by atoms with Crippen molar-refractivity contribution < 1.29 is 13.9 Å². The van der Waals surface area contributed by atoms with Gasteiger partial charge in [0.25, 0.3) is 6.43 Å². The molecule has 0 amide bonds. The van der Waals surface area contributed by atoms with Crippen LogP contribution in [0.15, 0.2) is 22.9 Å². The molecule has 2 aromatic rings. The number of nitrogens with zero attached hydrogens (tertiary/aromatic N) is 2. The molecule has 6 heteroatoms. The second-order valence-electron chi connectivity index (χ2n) is 3.04. The summed E-state index contributed by atoms with van der Waals surface area (Å²) < 4.78 is 26.9. The minimum atomic E-state index is -2.52. The molecule has 0 fully saturated rings. The highest BCUT2D eigenvalue weighted by molar-refractivity contribution is 9.10. The first-order valence-electron chi connectivity index (χ1n) is 4.18. The monoisotopic (exact) mass is 276 g/mol. The molecule has 0 spiro atoms. The first kappa shape index (κ1) is 10.5. The van der Waals surface area contributed by atoms with Crippen molar-refractivity contribution in [2.75, 3.05) is 0 Å². The zero-order valence-electron chi connectivity index (χ0n) is 7.49. The lowest BCUT2D eigenvalue weighted by atomic mass is 10.3. The number of halogens is 3. The molecule has 0 saturated carbocycles. The lowest BCUT2D eigenvalue weighted by Crippen LogP contribution is -1.91. The van der Waals surface area contributed by atoms with Gasteiger partial charge in [-0.25, -0.2) is 13.8 Å². The number of hydrogen-bond donors (Lipinski definition) is 1.